The third kappa shape index (κ3) is 4.27. The van der Waals surface area contributed by atoms with Crippen LogP contribution < -0.4 is 5.32 Å². The second-order valence-corrected chi connectivity index (χ2v) is 7.23. The molecule has 2 aliphatic rings. The lowest BCUT2D eigenvalue weighted by Crippen LogP contribution is -2.37. The van der Waals surface area contributed by atoms with Crippen LogP contribution in [0.2, 0.25) is 5.02 Å². The molecule has 0 radical (unpaired) electrons. The van der Waals surface area contributed by atoms with E-state index in [0.717, 1.165) is 45.0 Å². The standard InChI is InChI=1S/C17H20ClF3N2O2/c18-13-4-1-3-12(17(19,20)21)15(13)22-14(24)9-23-7-6-16(10-23)5-2-8-25-11-16/h1,3-4H,2,5-11H2,(H,22,24). The number of carbonyl (C=O) groups is 1. The molecule has 1 aromatic carbocycles. The number of amides is 1. The summed E-state index contributed by atoms with van der Waals surface area (Å²) >= 11 is 5.87. The first-order chi connectivity index (χ1) is 11.8. The highest BCUT2D eigenvalue weighted by molar-refractivity contribution is 6.34. The molecule has 0 aliphatic carbocycles. The van der Waals surface area contributed by atoms with Crippen molar-refractivity contribution >= 4 is 23.2 Å². The Morgan fingerprint density at radius 3 is 2.84 bits per heavy atom. The number of hydrogen-bond acceptors (Lipinski definition) is 3. The molecule has 138 valence electrons. The van der Waals surface area contributed by atoms with Gasteiger partial charge in [0.2, 0.25) is 5.91 Å². The van der Waals surface area contributed by atoms with Crippen LogP contribution >= 0.6 is 11.6 Å². The van der Waals surface area contributed by atoms with Crippen molar-refractivity contribution < 1.29 is 22.7 Å². The molecule has 1 aromatic rings. The van der Waals surface area contributed by atoms with Gasteiger partial charge in [0.15, 0.2) is 0 Å². The first kappa shape index (κ1) is 18.5. The zero-order valence-electron chi connectivity index (χ0n) is 13.7. The lowest BCUT2D eigenvalue weighted by atomic mass is 9.82. The normalized spacial score (nSPS) is 24.6. The molecule has 1 spiro atoms. The lowest BCUT2D eigenvalue weighted by molar-refractivity contribution is -0.137. The molecule has 2 aliphatic heterocycles. The molecule has 1 amide bonds. The maximum absolute atomic E-state index is 13.1. The van der Waals surface area contributed by atoms with Gasteiger partial charge in [-0.25, -0.2) is 0 Å². The SMILES string of the molecule is O=C(CN1CCC2(CCCOC2)C1)Nc1c(Cl)cccc1C(F)(F)F. The van der Waals surface area contributed by atoms with Crippen molar-refractivity contribution in [1.29, 1.82) is 0 Å². The number of halogens is 4. The summed E-state index contributed by atoms with van der Waals surface area (Å²) in [6.45, 7) is 2.98. The first-order valence-corrected chi connectivity index (χ1v) is 8.63. The average molecular weight is 377 g/mol. The highest BCUT2D eigenvalue weighted by atomic mass is 35.5. The van der Waals surface area contributed by atoms with Crippen molar-refractivity contribution in [2.45, 2.75) is 25.4 Å². The first-order valence-electron chi connectivity index (χ1n) is 8.25. The number of rotatable bonds is 3. The van der Waals surface area contributed by atoms with Gasteiger partial charge in [0.1, 0.15) is 0 Å². The minimum Gasteiger partial charge on any atom is -0.381 e. The summed E-state index contributed by atoms with van der Waals surface area (Å²) < 4.78 is 44.8. The minimum absolute atomic E-state index is 0.0459. The topological polar surface area (TPSA) is 41.6 Å². The molecule has 2 heterocycles. The highest BCUT2D eigenvalue weighted by Crippen LogP contribution is 2.39. The van der Waals surface area contributed by atoms with Crippen LogP contribution in [0.4, 0.5) is 18.9 Å². The largest absolute Gasteiger partial charge is 0.418 e. The van der Waals surface area contributed by atoms with E-state index in [4.69, 9.17) is 16.3 Å². The van der Waals surface area contributed by atoms with Gasteiger partial charge in [0.05, 0.1) is 29.4 Å². The monoisotopic (exact) mass is 376 g/mol. The van der Waals surface area contributed by atoms with Crippen LogP contribution in [0, 0.1) is 5.41 Å². The van der Waals surface area contributed by atoms with Gasteiger partial charge in [-0.2, -0.15) is 13.2 Å². The fourth-order valence-corrected chi connectivity index (χ4v) is 3.89. The van der Waals surface area contributed by atoms with Gasteiger partial charge in [-0.3, -0.25) is 9.69 Å². The molecule has 1 N–H and O–H groups in total. The second kappa shape index (κ2) is 7.13. The van der Waals surface area contributed by atoms with Crippen LogP contribution in [0.5, 0.6) is 0 Å². The maximum Gasteiger partial charge on any atom is 0.418 e. The zero-order valence-corrected chi connectivity index (χ0v) is 14.4. The van der Waals surface area contributed by atoms with Gasteiger partial charge in [-0.15, -0.1) is 0 Å². The molecular weight excluding hydrogens is 357 g/mol. The number of likely N-dealkylation sites (tertiary alicyclic amines) is 1. The number of alkyl halides is 3. The summed E-state index contributed by atoms with van der Waals surface area (Å²) in [4.78, 5) is 14.2. The highest BCUT2D eigenvalue weighted by Gasteiger charge is 2.40. The van der Waals surface area contributed by atoms with Crippen LogP contribution in [-0.2, 0) is 15.7 Å². The van der Waals surface area contributed by atoms with E-state index >= 15 is 0 Å². The van der Waals surface area contributed by atoms with E-state index in [-0.39, 0.29) is 22.7 Å². The molecule has 8 heteroatoms. The summed E-state index contributed by atoms with van der Waals surface area (Å²) in [7, 11) is 0. The molecule has 25 heavy (non-hydrogen) atoms. The molecule has 2 fully saturated rings. The Morgan fingerprint density at radius 1 is 1.36 bits per heavy atom. The minimum atomic E-state index is -4.58. The Labute approximate surface area is 149 Å². The van der Waals surface area contributed by atoms with Crippen molar-refractivity contribution in [2.24, 2.45) is 5.41 Å². The van der Waals surface area contributed by atoms with Crippen molar-refractivity contribution in [2.75, 3.05) is 38.2 Å². The zero-order chi connectivity index (χ0) is 18.1. The Bertz CT molecular complexity index is 645. The molecule has 3 rings (SSSR count). The molecule has 0 aromatic heterocycles. The number of nitrogens with zero attached hydrogens (tertiary/aromatic N) is 1. The molecule has 1 unspecified atom stereocenters. The second-order valence-electron chi connectivity index (χ2n) is 6.83. The lowest BCUT2D eigenvalue weighted by Gasteiger charge is -2.33. The predicted molar refractivity (Wildman–Crippen MR) is 88.6 cm³/mol. The van der Waals surface area contributed by atoms with Crippen LogP contribution in [-0.4, -0.2) is 43.7 Å². The number of carbonyl (C=O) groups excluding carboxylic acids is 1. The fourth-order valence-electron chi connectivity index (χ4n) is 3.66. The number of benzene rings is 1. The Hall–Kier alpha value is -1.31. The number of para-hydroxylation sites is 1. The van der Waals surface area contributed by atoms with Crippen LogP contribution in [0.25, 0.3) is 0 Å². The summed E-state index contributed by atoms with van der Waals surface area (Å²) in [6.07, 6.45) is -1.56. The summed E-state index contributed by atoms with van der Waals surface area (Å²) in [5.41, 5.74) is -1.23. The van der Waals surface area contributed by atoms with Crippen molar-refractivity contribution in [1.82, 2.24) is 4.90 Å². The smallest absolute Gasteiger partial charge is 0.381 e. The fraction of sp³-hybridized carbons (Fsp3) is 0.588. The molecule has 2 saturated heterocycles. The average Bonchev–Trinajstić information content (AvgIpc) is 2.91. The molecular formula is C17H20ClF3N2O2. The van der Waals surface area contributed by atoms with Crippen LogP contribution in [0.15, 0.2) is 18.2 Å². The maximum atomic E-state index is 13.1. The summed E-state index contributed by atoms with van der Waals surface area (Å²) in [5.74, 6) is -0.493. The van der Waals surface area contributed by atoms with Gasteiger partial charge in [-0.1, -0.05) is 17.7 Å². The molecule has 1 atom stereocenters. The quantitative estimate of drug-likeness (QED) is 0.872. The van der Waals surface area contributed by atoms with E-state index in [1.807, 2.05) is 4.90 Å². The van der Waals surface area contributed by atoms with E-state index in [9.17, 15) is 18.0 Å². The summed E-state index contributed by atoms with van der Waals surface area (Å²) in [5, 5.41) is 2.22. The van der Waals surface area contributed by atoms with Crippen molar-refractivity contribution in [3.05, 3.63) is 28.8 Å². The van der Waals surface area contributed by atoms with Gasteiger partial charge in [0.25, 0.3) is 0 Å². The molecule has 0 bridgehead atoms. The Kier molecular flexibility index (Phi) is 5.27. The third-order valence-corrected chi connectivity index (χ3v) is 5.19. The number of ether oxygens (including phenoxy) is 1. The molecule has 4 nitrogen and oxygen atoms in total. The van der Waals surface area contributed by atoms with Gasteiger partial charge in [0, 0.05) is 18.6 Å². The summed E-state index contributed by atoms with van der Waals surface area (Å²) in [6, 6.07) is 3.45. The van der Waals surface area contributed by atoms with Gasteiger partial charge >= 0.3 is 6.18 Å². The molecule has 0 saturated carbocycles. The van der Waals surface area contributed by atoms with E-state index in [1.54, 1.807) is 0 Å². The van der Waals surface area contributed by atoms with Gasteiger partial charge < -0.3 is 10.1 Å². The van der Waals surface area contributed by atoms with E-state index in [0.29, 0.717) is 6.61 Å². The third-order valence-electron chi connectivity index (χ3n) is 4.87. The van der Waals surface area contributed by atoms with Crippen LogP contribution in [0.3, 0.4) is 0 Å². The van der Waals surface area contributed by atoms with E-state index in [2.05, 4.69) is 5.32 Å². The van der Waals surface area contributed by atoms with Crippen LogP contribution in [0.1, 0.15) is 24.8 Å². The number of hydrogen-bond donors (Lipinski definition) is 1. The van der Waals surface area contributed by atoms with Gasteiger partial charge in [-0.05, 0) is 37.9 Å². The predicted octanol–water partition coefficient (Wildman–Crippen LogP) is 3.80. The van der Waals surface area contributed by atoms with E-state index < -0.39 is 17.6 Å². The van der Waals surface area contributed by atoms with Crippen molar-refractivity contribution in [3.63, 3.8) is 0 Å². The number of nitrogens with one attached hydrogen (secondary N) is 1. The van der Waals surface area contributed by atoms with Crippen molar-refractivity contribution in [3.8, 4) is 0 Å². The Morgan fingerprint density at radius 2 is 2.16 bits per heavy atom. The number of anilines is 1. The Balaban J connectivity index is 1.64. The van der Waals surface area contributed by atoms with E-state index in [1.165, 1.54) is 12.1 Å².